The third-order valence-electron chi connectivity index (χ3n) is 4.81. The van der Waals surface area contributed by atoms with E-state index in [9.17, 15) is 14.4 Å². The zero-order valence-electron chi connectivity index (χ0n) is 17.5. The lowest BCUT2D eigenvalue weighted by atomic mass is 10.1. The number of anilines is 2. The quantitative estimate of drug-likeness (QED) is 0.312. The summed E-state index contributed by atoms with van der Waals surface area (Å²) in [5.74, 6) is -0.321. The molecule has 3 amide bonds. The van der Waals surface area contributed by atoms with Crippen molar-refractivity contribution in [1.29, 1.82) is 0 Å². The maximum Gasteiger partial charge on any atom is 0.319 e. The Bertz CT molecular complexity index is 1380. The molecule has 3 aromatic heterocycles. The number of nitrogens with two attached hydrogens (primary N) is 1. The van der Waals surface area contributed by atoms with Crippen LogP contribution < -0.4 is 27.1 Å². The fraction of sp³-hybridized carbons (Fsp3) is 0.0909. The van der Waals surface area contributed by atoms with E-state index in [1.54, 1.807) is 42.7 Å². The Morgan fingerprint density at radius 2 is 1.91 bits per heavy atom. The van der Waals surface area contributed by atoms with E-state index in [-0.39, 0.29) is 28.4 Å². The van der Waals surface area contributed by atoms with E-state index in [1.165, 1.54) is 13.2 Å². The summed E-state index contributed by atoms with van der Waals surface area (Å²) in [4.78, 5) is 52.0. The Labute approximate surface area is 187 Å². The van der Waals surface area contributed by atoms with Crippen molar-refractivity contribution >= 4 is 34.5 Å². The van der Waals surface area contributed by atoms with E-state index < -0.39 is 11.3 Å². The lowest BCUT2D eigenvalue weighted by Gasteiger charge is -2.09. The third-order valence-corrected chi connectivity index (χ3v) is 4.81. The molecule has 0 saturated carbocycles. The molecule has 33 heavy (non-hydrogen) atoms. The van der Waals surface area contributed by atoms with E-state index in [2.05, 4.69) is 35.9 Å². The molecule has 0 unspecified atom stereocenters. The normalized spacial score (nSPS) is 10.6. The van der Waals surface area contributed by atoms with Gasteiger partial charge in [0.1, 0.15) is 17.0 Å². The zero-order valence-corrected chi connectivity index (χ0v) is 17.5. The molecule has 0 spiro atoms. The summed E-state index contributed by atoms with van der Waals surface area (Å²) in [6.45, 7) is 0.353. The number of nitrogens with zero attached hydrogens (tertiary/aromatic N) is 3. The van der Waals surface area contributed by atoms with Crippen LogP contribution >= 0.6 is 0 Å². The van der Waals surface area contributed by atoms with Crippen molar-refractivity contribution in [2.75, 3.05) is 18.1 Å². The molecule has 0 bridgehead atoms. The molecule has 3 heterocycles. The van der Waals surface area contributed by atoms with Crippen molar-refractivity contribution in [3.63, 3.8) is 0 Å². The molecule has 6 N–H and O–H groups in total. The van der Waals surface area contributed by atoms with Gasteiger partial charge in [-0.25, -0.2) is 14.8 Å². The summed E-state index contributed by atoms with van der Waals surface area (Å²) in [7, 11) is 1.41. The van der Waals surface area contributed by atoms with E-state index >= 15 is 0 Å². The number of pyridine rings is 2. The molecule has 0 radical (unpaired) electrons. The second-order valence-corrected chi connectivity index (χ2v) is 7.02. The van der Waals surface area contributed by atoms with Crippen LogP contribution in [0.5, 0.6) is 0 Å². The van der Waals surface area contributed by atoms with Crippen LogP contribution in [0.25, 0.3) is 22.4 Å². The number of fused-ring (bicyclic) bond motifs is 1. The number of aromatic amines is 1. The number of hydrogen-bond acceptors (Lipinski definition) is 7. The molecule has 166 valence electrons. The lowest BCUT2D eigenvalue weighted by Crippen LogP contribution is -2.28. The Balaban J connectivity index is 1.50. The Kier molecular flexibility index (Phi) is 5.94. The number of benzene rings is 1. The first-order chi connectivity index (χ1) is 16.0. The van der Waals surface area contributed by atoms with Crippen molar-refractivity contribution in [2.24, 2.45) is 0 Å². The largest absolute Gasteiger partial charge is 0.384 e. The predicted molar refractivity (Wildman–Crippen MR) is 123 cm³/mol. The number of carbonyl (C=O) groups excluding carboxylic acids is 2. The summed E-state index contributed by atoms with van der Waals surface area (Å²) in [5, 5.41) is 8.03. The molecule has 11 heteroatoms. The number of carbonyl (C=O) groups is 2. The van der Waals surface area contributed by atoms with Gasteiger partial charge in [-0.1, -0.05) is 6.07 Å². The summed E-state index contributed by atoms with van der Waals surface area (Å²) in [6, 6.07) is 10.2. The molecule has 0 saturated heterocycles. The number of rotatable bonds is 5. The number of amides is 3. The molecule has 0 atom stereocenters. The first kappa shape index (κ1) is 21.4. The number of nitrogens with one attached hydrogen (secondary N) is 4. The van der Waals surface area contributed by atoms with E-state index in [4.69, 9.17) is 5.73 Å². The highest BCUT2D eigenvalue weighted by Crippen LogP contribution is 2.20. The van der Waals surface area contributed by atoms with Gasteiger partial charge in [-0.2, -0.15) is 0 Å². The molecular weight excluding hydrogens is 424 g/mol. The van der Waals surface area contributed by atoms with Gasteiger partial charge in [0.2, 0.25) is 5.43 Å². The maximum atomic E-state index is 12.6. The topological polar surface area (TPSA) is 168 Å². The molecule has 4 rings (SSSR count). The van der Waals surface area contributed by atoms with E-state index in [0.717, 1.165) is 5.56 Å². The van der Waals surface area contributed by atoms with E-state index in [0.29, 0.717) is 23.6 Å². The molecule has 0 fully saturated rings. The number of H-pyrrole nitrogens is 1. The smallest absolute Gasteiger partial charge is 0.319 e. The van der Waals surface area contributed by atoms with Crippen LogP contribution in [0.15, 0.2) is 59.8 Å². The fourth-order valence-electron chi connectivity index (χ4n) is 3.14. The number of nitrogen functional groups attached to an aromatic ring is 1. The Morgan fingerprint density at radius 1 is 1.12 bits per heavy atom. The van der Waals surface area contributed by atoms with Crippen LogP contribution in [0.2, 0.25) is 0 Å². The van der Waals surface area contributed by atoms with Crippen LogP contribution in [-0.4, -0.2) is 38.9 Å². The predicted octanol–water partition coefficient (Wildman–Crippen LogP) is 1.64. The summed E-state index contributed by atoms with van der Waals surface area (Å²) in [5.41, 5.74) is 7.46. The summed E-state index contributed by atoms with van der Waals surface area (Å²) >= 11 is 0. The fourth-order valence-corrected chi connectivity index (χ4v) is 3.14. The average molecular weight is 444 g/mol. The van der Waals surface area contributed by atoms with E-state index in [1.807, 2.05) is 6.07 Å². The standard InChI is InChI=1S/C22H20N8O3/c1-24-21(32)16-17(31)15-11-26-19(30-20(15)29-18(16)23)13-4-6-14(7-5-13)28-22(33)27-10-12-3-2-8-25-9-12/h2-9,11H,10H2,1H3,(H,24,32)(H2,27,28,33)(H3,23,26,29,30,31). The van der Waals surface area contributed by atoms with Gasteiger partial charge in [0.15, 0.2) is 5.82 Å². The van der Waals surface area contributed by atoms with Gasteiger partial charge in [-0.3, -0.25) is 14.6 Å². The van der Waals surface area contributed by atoms with Crippen LogP contribution in [0.3, 0.4) is 0 Å². The van der Waals surface area contributed by atoms with Crippen LogP contribution in [-0.2, 0) is 6.54 Å². The monoisotopic (exact) mass is 444 g/mol. The average Bonchev–Trinajstić information content (AvgIpc) is 2.83. The first-order valence-corrected chi connectivity index (χ1v) is 9.91. The first-order valence-electron chi connectivity index (χ1n) is 9.91. The van der Waals surface area contributed by atoms with Crippen LogP contribution in [0.1, 0.15) is 15.9 Å². The van der Waals surface area contributed by atoms with Crippen molar-refractivity contribution < 1.29 is 9.59 Å². The number of urea groups is 1. The number of hydrogen-bond donors (Lipinski definition) is 5. The summed E-state index contributed by atoms with van der Waals surface area (Å²) < 4.78 is 0. The van der Waals surface area contributed by atoms with Gasteiger partial charge >= 0.3 is 6.03 Å². The molecule has 0 aliphatic rings. The lowest BCUT2D eigenvalue weighted by molar-refractivity contribution is 0.0963. The molecule has 4 aromatic rings. The Hall–Kier alpha value is -4.80. The second kappa shape index (κ2) is 9.14. The van der Waals surface area contributed by atoms with Gasteiger partial charge in [-0.05, 0) is 35.9 Å². The van der Waals surface area contributed by atoms with Gasteiger partial charge in [0.05, 0.1) is 5.39 Å². The minimum absolute atomic E-state index is 0.0756. The Morgan fingerprint density at radius 3 is 2.61 bits per heavy atom. The van der Waals surface area contributed by atoms with Crippen molar-refractivity contribution in [1.82, 2.24) is 30.6 Å². The van der Waals surface area contributed by atoms with Gasteiger partial charge < -0.3 is 26.7 Å². The van der Waals surface area contributed by atoms with Crippen LogP contribution in [0.4, 0.5) is 16.3 Å². The highest BCUT2D eigenvalue weighted by atomic mass is 16.2. The van der Waals surface area contributed by atoms with Crippen LogP contribution in [0, 0.1) is 0 Å². The maximum absolute atomic E-state index is 12.6. The highest BCUT2D eigenvalue weighted by molar-refractivity contribution is 6.01. The van der Waals surface area contributed by atoms with Gasteiger partial charge in [0.25, 0.3) is 5.91 Å². The molecule has 11 nitrogen and oxygen atoms in total. The molecular formula is C22H20N8O3. The zero-order chi connectivity index (χ0) is 23.4. The molecule has 1 aromatic carbocycles. The third kappa shape index (κ3) is 4.61. The highest BCUT2D eigenvalue weighted by Gasteiger charge is 2.18. The summed E-state index contributed by atoms with van der Waals surface area (Å²) in [6.07, 6.45) is 4.69. The minimum atomic E-state index is -0.590. The SMILES string of the molecule is CNC(=O)c1c(N)[nH]c2nc(-c3ccc(NC(=O)NCc4cccnc4)cc3)ncc2c1=O. The molecule has 0 aliphatic carbocycles. The van der Waals surface area contributed by atoms with Crippen molar-refractivity contribution in [3.05, 3.63) is 76.3 Å². The number of aromatic nitrogens is 4. The van der Waals surface area contributed by atoms with Crippen molar-refractivity contribution in [2.45, 2.75) is 6.54 Å². The van der Waals surface area contributed by atoms with Gasteiger partial charge in [-0.15, -0.1) is 0 Å². The second-order valence-electron chi connectivity index (χ2n) is 7.02. The van der Waals surface area contributed by atoms with Gasteiger partial charge in [0, 0.05) is 43.4 Å². The molecule has 0 aliphatic heterocycles. The minimum Gasteiger partial charge on any atom is -0.384 e. The van der Waals surface area contributed by atoms with Crippen molar-refractivity contribution in [3.8, 4) is 11.4 Å².